The Morgan fingerprint density at radius 3 is 2.00 bits per heavy atom. The number of anilines is 1. The van der Waals surface area contributed by atoms with E-state index in [1.165, 1.54) is 21.3 Å². The highest BCUT2D eigenvalue weighted by Gasteiger charge is 2.15. The molecular formula is C26H27NO7. The molecule has 0 saturated heterocycles. The summed E-state index contributed by atoms with van der Waals surface area (Å²) in [4.78, 5) is 24.3. The minimum atomic E-state index is -0.490. The number of esters is 1. The van der Waals surface area contributed by atoms with Gasteiger partial charge in [0.05, 0.1) is 21.3 Å². The summed E-state index contributed by atoms with van der Waals surface area (Å²) in [5.41, 5.74) is 1.38. The highest BCUT2D eigenvalue weighted by atomic mass is 16.5. The molecule has 0 saturated carbocycles. The topological polar surface area (TPSA) is 92.3 Å². The first-order valence-electron chi connectivity index (χ1n) is 10.6. The monoisotopic (exact) mass is 465 g/mol. The first-order valence-corrected chi connectivity index (χ1v) is 10.6. The predicted octanol–water partition coefficient (Wildman–Crippen LogP) is 4.62. The van der Waals surface area contributed by atoms with Crippen LogP contribution in [0.2, 0.25) is 0 Å². The van der Waals surface area contributed by atoms with Gasteiger partial charge in [-0.3, -0.25) is 9.59 Å². The normalized spacial score (nSPS) is 10.2. The molecule has 8 nitrogen and oxygen atoms in total. The molecule has 0 aliphatic carbocycles. The maximum atomic E-state index is 12.1. The van der Waals surface area contributed by atoms with Gasteiger partial charge in [0.15, 0.2) is 18.1 Å². The average molecular weight is 466 g/mol. The highest BCUT2D eigenvalue weighted by Crippen LogP contribution is 2.38. The van der Waals surface area contributed by atoms with Crippen LogP contribution in [0.3, 0.4) is 0 Å². The van der Waals surface area contributed by atoms with Crippen molar-refractivity contribution in [3.8, 4) is 28.7 Å². The van der Waals surface area contributed by atoms with E-state index in [0.717, 1.165) is 11.3 Å². The fraction of sp³-hybridized carbons (Fsp3) is 0.231. The van der Waals surface area contributed by atoms with Crippen LogP contribution in [-0.4, -0.2) is 39.8 Å². The van der Waals surface area contributed by atoms with Crippen LogP contribution >= 0.6 is 0 Å². The Hall–Kier alpha value is -4.20. The smallest absolute Gasteiger partial charge is 0.306 e. The quantitative estimate of drug-likeness (QED) is 0.413. The molecule has 3 aromatic rings. The summed E-state index contributed by atoms with van der Waals surface area (Å²) in [6.07, 6.45) is 0.484. The van der Waals surface area contributed by atoms with Crippen molar-refractivity contribution in [2.45, 2.75) is 12.8 Å². The van der Waals surface area contributed by atoms with Crippen molar-refractivity contribution in [1.82, 2.24) is 0 Å². The lowest BCUT2D eigenvalue weighted by Gasteiger charge is -2.14. The standard InChI is InChI=1S/C26H27NO7/c1-30-22-15-18(16-23(31-2)26(22)32-3)9-14-25(29)33-17-24(28)27-19-10-12-21(13-11-19)34-20-7-5-4-6-8-20/h4-8,10-13,15-16H,9,14,17H2,1-3H3,(H,27,28). The zero-order valence-electron chi connectivity index (χ0n) is 19.3. The third kappa shape index (κ3) is 6.90. The molecule has 0 bridgehead atoms. The second-order valence-electron chi connectivity index (χ2n) is 7.18. The highest BCUT2D eigenvalue weighted by molar-refractivity contribution is 5.92. The SMILES string of the molecule is COc1cc(CCC(=O)OCC(=O)Nc2ccc(Oc3ccccc3)cc2)cc(OC)c1OC. The van der Waals surface area contributed by atoms with E-state index in [0.29, 0.717) is 35.1 Å². The van der Waals surface area contributed by atoms with Crippen molar-refractivity contribution in [3.05, 3.63) is 72.3 Å². The number of benzene rings is 3. The van der Waals surface area contributed by atoms with Gasteiger partial charge >= 0.3 is 5.97 Å². The molecule has 0 aromatic heterocycles. The van der Waals surface area contributed by atoms with E-state index in [-0.39, 0.29) is 13.0 Å². The molecule has 0 unspecified atom stereocenters. The van der Waals surface area contributed by atoms with Crippen molar-refractivity contribution >= 4 is 17.6 Å². The minimum Gasteiger partial charge on any atom is -0.493 e. The number of nitrogens with one attached hydrogen (secondary N) is 1. The Labute approximate surface area is 198 Å². The fourth-order valence-corrected chi connectivity index (χ4v) is 3.17. The van der Waals surface area contributed by atoms with Gasteiger partial charge in [0.2, 0.25) is 5.75 Å². The molecule has 0 radical (unpaired) electrons. The molecule has 34 heavy (non-hydrogen) atoms. The number of carbonyl (C=O) groups is 2. The summed E-state index contributed by atoms with van der Waals surface area (Å²) in [5, 5.41) is 2.69. The lowest BCUT2D eigenvalue weighted by Crippen LogP contribution is -2.21. The lowest BCUT2D eigenvalue weighted by molar-refractivity contribution is -0.147. The summed E-state index contributed by atoms with van der Waals surface area (Å²) >= 11 is 0. The van der Waals surface area contributed by atoms with Crippen LogP contribution in [0.15, 0.2) is 66.7 Å². The molecule has 178 valence electrons. The molecule has 0 spiro atoms. The van der Waals surface area contributed by atoms with Gasteiger partial charge in [-0.2, -0.15) is 0 Å². The molecule has 0 aliphatic rings. The molecule has 0 aliphatic heterocycles. The maximum absolute atomic E-state index is 12.1. The van der Waals surface area contributed by atoms with Gasteiger partial charge in [-0.1, -0.05) is 18.2 Å². The van der Waals surface area contributed by atoms with Crippen LogP contribution < -0.4 is 24.3 Å². The summed E-state index contributed by atoms with van der Waals surface area (Å²) in [5.74, 6) is 1.93. The van der Waals surface area contributed by atoms with Crippen LogP contribution in [0.25, 0.3) is 0 Å². The Bertz CT molecular complexity index is 1070. The number of methoxy groups -OCH3 is 3. The summed E-state index contributed by atoms with van der Waals surface area (Å²) < 4.78 is 26.7. The molecule has 3 aromatic carbocycles. The Kier molecular flexibility index (Phi) is 8.73. The van der Waals surface area contributed by atoms with Gasteiger partial charge in [0.1, 0.15) is 11.5 Å². The van der Waals surface area contributed by atoms with E-state index in [9.17, 15) is 9.59 Å². The van der Waals surface area contributed by atoms with E-state index in [2.05, 4.69) is 5.32 Å². The summed E-state index contributed by atoms with van der Waals surface area (Å²) in [6.45, 7) is -0.379. The number of ether oxygens (including phenoxy) is 5. The Morgan fingerprint density at radius 1 is 0.794 bits per heavy atom. The average Bonchev–Trinajstić information content (AvgIpc) is 2.87. The summed E-state index contributed by atoms with van der Waals surface area (Å²) in [6, 6.07) is 19.8. The van der Waals surface area contributed by atoms with E-state index in [1.807, 2.05) is 30.3 Å². The molecule has 1 N–H and O–H groups in total. The number of carbonyl (C=O) groups excluding carboxylic acids is 2. The van der Waals surface area contributed by atoms with Crippen LogP contribution in [0.1, 0.15) is 12.0 Å². The number of para-hydroxylation sites is 1. The molecule has 0 fully saturated rings. The van der Waals surface area contributed by atoms with Crippen molar-refractivity contribution in [1.29, 1.82) is 0 Å². The summed E-state index contributed by atoms with van der Waals surface area (Å²) in [7, 11) is 4.57. The van der Waals surface area contributed by atoms with E-state index >= 15 is 0 Å². The number of aryl methyl sites for hydroxylation is 1. The molecule has 1 amide bonds. The van der Waals surface area contributed by atoms with Gasteiger partial charge in [-0.05, 0) is 60.5 Å². The minimum absolute atomic E-state index is 0.0947. The Balaban J connectivity index is 1.45. The number of amides is 1. The zero-order valence-corrected chi connectivity index (χ0v) is 19.3. The van der Waals surface area contributed by atoms with Gasteiger partial charge in [-0.15, -0.1) is 0 Å². The Morgan fingerprint density at radius 2 is 1.41 bits per heavy atom. The van der Waals surface area contributed by atoms with Gasteiger partial charge in [0, 0.05) is 12.1 Å². The first-order chi connectivity index (χ1) is 16.5. The number of rotatable bonds is 11. The van der Waals surface area contributed by atoms with Crippen LogP contribution in [0, 0.1) is 0 Å². The van der Waals surface area contributed by atoms with Gasteiger partial charge in [-0.25, -0.2) is 0 Å². The van der Waals surface area contributed by atoms with Crippen molar-refractivity contribution in [2.75, 3.05) is 33.3 Å². The van der Waals surface area contributed by atoms with Crippen molar-refractivity contribution < 1.29 is 33.3 Å². The number of hydrogen-bond donors (Lipinski definition) is 1. The van der Waals surface area contributed by atoms with Crippen LogP contribution in [-0.2, 0) is 20.7 Å². The fourth-order valence-electron chi connectivity index (χ4n) is 3.17. The molecule has 3 rings (SSSR count). The molecule has 0 heterocycles. The van der Waals surface area contributed by atoms with Crippen molar-refractivity contribution in [2.24, 2.45) is 0 Å². The van der Waals surface area contributed by atoms with Crippen molar-refractivity contribution in [3.63, 3.8) is 0 Å². The first kappa shape index (κ1) is 24.4. The third-order valence-corrected chi connectivity index (χ3v) is 4.82. The number of hydrogen-bond acceptors (Lipinski definition) is 7. The van der Waals surface area contributed by atoms with Gasteiger partial charge in [0.25, 0.3) is 5.91 Å². The zero-order chi connectivity index (χ0) is 24.3. The van der Waals surface area contributed by atoms with Crippen LogP contribution in [0.4, 0.5) is 5.69 Å². The van der Waals surface area contributed by atoms with Gasteiger partial charge < -0.3 is 29.0 Å². The largest absolute Gasteiger partial charge is 0.493 e. The molecule has 8 heteroatoms. The predicted molar refractivity (Wildman–Crippen MR) is 127 cm³/mol. The van der Waals surface area contributed by atoms with Crippen LogP contribution in [0.5, 0.6) is 28.7 Å². The third-order valence-electron chi connectivity index (χ3n) is 4.82. The second-order valence-corrected chi connectivity index (χ2v) is 7.18. The second kappa shape index (κ2) is 12.2. The van der Waals surface area contributed by atoms with E-state index in [4.69, 9.17) is 23.7 Å². The lowest BCUT2D eigenvalue weighted by atomic mass is 10.1. The maximum Gasteiger partial charge on any atom is 0.306 e. The van der Waals surface area contributed by atoms with E-state index in [1.54, 1.807) is 36.4 Å². The molecular weight excluding hydrogens is 438 g/mol. The van der Waals surface area contributed by atoms with E-state index < -0.39 is 11.9 Å². The molecule has 0 atom stereocenters.